The molecule has 108 valence electrons. The first-order valence-corrected chi connectivity index (χ1v) is 8.67. The zero-order valence-corrected chi connectivity index (χ0v) is 12.5. The van der Waals surface area contributed by atoms with Crippen molar-refractivity contribution in [1.29, 1.82) is 0 Å². The van der Waals surface area contributed by atoms with Gasteiger partial charge in [0.05, 0.1) is 0 Å². The lowest BCUT2D eigenvalue weighted by atomic mass is 9.49. The minimum absolute atomic E-state index is 0.752. The van der Waals surface area contributed by atoms with Gasteiger partial charge in [0.1, 0.15) is 0 Å². The van der Waals surface area contributed by atoms with Crippen LogP contribution >= 0.6 is 0 Å². The summed E-state index contributed by atoms with van der Waals surface area (Å²) in [6, 6.07) is 0.752. The highest BCUT2D eigenvalue weighted by atomic mass is 15.2. The van der Waals surface area contributed by atoms with Crippen molar-refractivity contribution in [2.45, 2.75) is 57.9 Å². The smallest absolute Gasteiger partial charge is 0.0192 e. The van der Waals surface area contributed by atoms with Crippen LogP contribution < -0.4 is 5.32 Å². The first-order chi connectivity index (χ1) is 9.22. The van der Waals surface area contributed by atoms with Gasteiger partial charge < -0.3 is 5.32 Å². The highest BCUT2D eigenvalue weighted by molar-refractivity contribution is 5.01. The molecule has 2 nitrogen and oxygen atoms in total. The quantitative estimate of drug-likeness (QED) is 0.841. The van der Waals surface area contributed by atoms with E-state index in [0.29, 0.717) is 0 Å². The largest absolute Gasteiger partial charge is 0.314 e. The third-order valence-corrected chi connectivity index (χ3v) is 6.73. The van der Waals surface area contributed by atoms with Gasteiger partial charge >= 0.3 is 0 Å². The molecule has 2 heteroatoms. The molecule has 1 atom stereocenters. The van der Waals surface area contributed by atoms with Crippen LogP contribution in [0.5, 0.6) is 0 Å². The average Bonchev–Trinajstić information content (AvgIpc) is 2.36. The summed E-state index contributed by atoms with van der Waals surface area (Å²) in [5.74, 6) is 3.35. The predicted octanol–water partition coefficient (Wildman–Crippen LogP) is 2.89. The summed E-state index contributed by atoms with van der Waals surface area (Å²) in [4.78, 5) is 2.75. The van der Waals surface area contributed by atoms with Crippen molar-refractivity contribution >= 4 is 0 Å². The molecule has 0 aromatic carbocycles. The van der Waals surface area contributed by atoms with Gasteiger partial charge in [0.15, 0.2) is 0 Å². The zero-order valence-electron chi connectivity index (χ0n) is 12.5. The minimum atomic E-state index is 0.752. The Balaban J connectivity index is 1.39. The Bertz CT molecular complexity index is 303. The molecule has 5 fully saturated rings. The van der Waals surface area contributed by atoms with Crippen molar-refractivity contribution in [2.75, 3.05) is 26.2 Å². The van der Waals surface area contributed by atoms with Crippen LogP contribution in [-0.2, 0) is 0 Å². The van der Waals surface area contributed by atoms with E-state index in [1.807, 2.05) is 0 Å². The van der Waals surface area contributed by atoms with Crippen LogP contribution in [0, 0.1) is 23.2 Å². The summed E-state index contributed by atoms with van der Waals surface area (Å²) in [7, 11) is 0. The normalized spacial score (nSPS) is 49.7. The maximum Gasteiger partial charge on any atom is 0.0192 e. The van der Waals surface area contributed by atoms with Gasteiger partial charge in [0, 0.05) is 25.7 Å². The lowest BCUT2D eigenvalue weighted by Crippen LogP contribution is -2.52. The number of rotatable bonds is 3. The van der Waals surface area contributed by atoms with E-state index in [1.165, 1.54) is 32.6 Å². The first-order valence-electron chi connectivity index (χ1n) is 8.67. The Kier molecular flexibility index (Phi) is 3.15. The molecule has 19 heavy (non-hydrogen) atoms. The van der Waals surface area contributed by atoms with Crippen LogP contribution in [-0.4, -0.2) is 37.1 Å². The molecule has 1 heterocycles. The highest BCUT2D eigenvalue weighted by Gasteiger charge is 2.50. The maximum atomic E-state index is 3.52. The Morgan fingerprint density at radius 2 is 1.68 bits per heavy atom. The van der Waals surface area contributed by atoms with Crippen LogP contribution in [0.2, 0.25) is 0 Å². The molecule has 0 spiro atoms. The SMILES string of the molecule is C[C@@H]1CNCCN1CCC12CC3CC(CC(C3)C1)C2. The summed E-state index contributed by atoms with van der Waals surface area (Å²) in [6.07, 6.45) is 11.0. The van der Waals surface area contributed by atoms with Crippen LogP contribution in [0.3, 0.4) is 0 Å². The molecule has 1 N–H and O–H groups in total. The standard InChI is InChI=1S/C17H30N2/c1-13-12-18-3-5-19(13)4-2-17-9-14-6-15(10-17)8-16(7-14)11-17/h13-16,18H,2-12H2,1H3/t13-,14?,15?,16?,17?/m1/s1. The molecule has 0 aromatic heterocycles. The fraction of sp³-hybridized carbons (Fsp3) is 1.00. The van der Waals surface area contributed by atoms with Crippen molar-refractivity contribution in [3.63, 3.8) is 0 Å². The number of piperazine rings is 1. The fourth-order valence-corrected chi connectivity index (χ4v) is 6.19. The number of hydrogen-bond acceptors (Lipinski definition) is 2. The van der Waals surface area contributed by atoms with Gasteiger partial charge in [0.2, 0.25) is 0 Å². The van der Waals surface area contributed by atoms with E-state index in [-0.39, 0.29) is 0 Å². The molecule has 1 aliphatic heterocycles. The van der Waals surface area contributed by atoms with Crippen LogP contribution in [0.25, 0.3) is 0 Å². The topological polar surface area (TPSA) is 15.3 Å². The number of nitrogens with zero attached hydrogens (tertiary/aromatic N) is 1. The molecule has 4 saturated carbocycles. The van der Waals surface area contributed by atoms with Gasteiger partial charge in [-0.2, -0.15) is 0 Å². The second-order valence-corrected chi connectivity index (χ2v) is 8.26. The second kappa shape index (κ2) is 4.73. The summed E-state index contributed by atoms with van der Waals surface area (Å²) < 4.78 is 0. The lowest BCUT2D eigenvalue weighted by Gasteiger charge is -2.57. The molecule has 0 radical (unpaired) electrons. The fourth-order valence-electron chi connectivity index (χ4n) is 6.19. The molecule has 0 aromatic rings. The Hall–Kier alpha value is -0.0800. The molecule has 4 bridgehead atoms. The zero-order chi connectivity index (χ0) is 12.9. The highest BCUT2D eigenvalue weighted by Crippen LogP contribution is 2.61. The minimum Gasteiger partial charge on any atom is -0.314 e. The third-order valence-electron chi connectivity index (χ3n) is 6.73. The summed E-state index contributed by atoms with van der Waals surface area (Å²) in [5.41, 5.74) is 0.777. The monoisotopic (exact) mass is 262 g/mol. The van der Waals surface area contributed by atoms with Crippen LogP contribution in [0.1, 0.15) is 51.9 Å². The van der Waals surface area contributed by atoms with E-state index in [0.717, 1.165) is 29.2 Å². The van der Waals surface area contributed by atoms with Crippen molar-refractivity contribution in [3.05, 3.63) is 0 Å². The average molecular weight is 262 g/mol. The van der Waals surface area contributed by atoms with Crippen molar-refractivity contribution < 1.29 is 0 Å². The molecule has 4 aliphatic carbocycles. The Labute approximate surface area is 118 Å². The number of nitrogens with one attached hydrogen (secondary N) is 1. The van der Waals surface area contributed by atoms with E-state index in [4.69, 9.17) is 0 Å². The molecular weight excluding hydrogens is 232 g/mol. The van der Waals surface area contributed by atoms with Gasteiger partial charge in [-0.05, 0) is 81.6 Å². The first kappa shape index (κ1) is 12.6. The van der Waals surface area contributed by atoms with Gasteiger partial charge in [-0.15, -0.1) is 0 Å². The predicted molar refractivity (Wildman–Crippen MR) is 79.1 cm³/mol. The van der Waals surface area contributed by atoms with E-state index in [1.54, 1.807) is 38.5 Å². The summed E-state index contributed by atoms with van der Waals surface area (Å²) >= 11 is 0. The van der Waals surface area contributed by atoms with E-state index in [9.17, 15) is 0 Å². The van der Waals surface area contributed by atoms with E-state index < -0.39 is 0 Å². The molecule has 1 saturated heterocycles. The molecule has 0 unspecified atom stereocenters. The lowest BCUT2D eigenvalue weighted by molar-refractivity contribution is -0.0626. The van der Waals surface area contributed by atoms with Gasteiger partial charge in [-0.3, -0.25) is 4.90 Å². The summed E-state index contributed by atoms with van der Waals surface area (Å²) in [6.45, 7) is 7.43. The Morgan fingerprint density at radius 1 is 1.05 bits per heavy atom. The van der Waals surface area contributed by atoms with Crippen molar-refractivity contribution in [2.24, 2.45) is 23.2 Å². The number of hydrogen-bond donors (Lipinski definition) is 1. The van der Waals surface area contributed by atoms with Crippen molar-refractivity contribution in [3.8, 4) is 0 Å². The molecule has 5 aliphatic rings. The Morgan fingerprint density at radius 3 is 2.26 bits per heavy atom. The third kappa shape index (κ3) is 2.35. The molecular formula is C17H30N2. The molecule has 0 amide bonds. The van der Waals surface area contributed by atoms with Crippen LogP contribution in [0.4, 0.5) is 0 Å². The van der Waals surface area contributed by atoms with E-state index >= 15 is 0 Å². The van der Waals surface area contributed by atoms with Crippen molar-refractivity contribution in [1.82, 2.24) is 10.2 Å². The summed E-state index contributed by atoms with van der Waals surface area (Å²) in [5, 5.41) is 3.52. The maximum absolute atomic E-state index is 3.52. The molecule has 5 rings (SSSR count). The van der Waals surface area contributed by atoms with Gasteiger partial charge in [0.25, 0.3) is 0 Å². The van der Waals surface area contributed by atoms with Gasteiger partial charge in [-0.1, -0.05) is 0 Å². The van der Waals surface area contributed by atoms with E-state index in [2.05, 4.69) is 17.1 Å². The second-order valence-electron chi connectivity index (χ2n) is 8.26. The van der Waals surface area contributed by atoms with Gasteiger partial charge in [-0.25, -0.2) is 0 Å². The van der Waals surface area contributed by atoms with Crippen LogP contribution in [0.15, 0.2) is 0 Å².